The number of hydrogen-bond acceptors (Lipinski definition) is 4. The number of rotatable bonds is 7. The summed E-state index contributed by atoms with van der Waals surface area (Å²) in [5.41, 5.74) is 0.897. The van der Waals surface area contributed by atoms with Crippen molar-refractivity contribution in [2.24, 2.45) is 5.92 Å². The molecule has 0 aromatic carbocycles. The van der Waals surface area contributed by atoms with Crippen molar-refractivity contribution >= 4 is 6.03 Å². The summed E-state index contributed by atoms with van der Waals surface area (Å²) in [7, 11) is 0. The van der Waals surface area contributed by atoms with Crippen molar-refractivity contribution < 1.29 is 9.90 Å². The third-order valence-corrected chi connectivity index (χ3v) is 3.34. The second-order valence-electron chi connectivity index (χ2n) is 5.83. The van der Waals surface area contributed by atoms with Gasteiger partial charge in [0, 0.05) is 25.1 Å². The minimum absolute atomic E-state index is 0.0627. The molecule has 2 heterocycles. The number of carbonyl (C=O) groups is 1. The fourth-order valence-corrected chi connectivity index (χ4v) is 2.24. The zero-order chi connectivity index (χ0) is 16.7. The van der Waals surface area contributed by atoms with E-state index in [9.17, 15) is 9.90 Å². The number of nitrogens with one attached hydrogen (secondary N) is 2. The number of pyridine rings is 1. The lowest BCUT2D eigenvalue weighted by Crippen LogP contribution is -2.44. The lowest BCUT2D eigenvalue weighted by molar-refractivity contribution is 0.206. The molecule has 0 aliphatic heterocycles. The highest BCUT2D eigenvalue weighted by Gasteiger charge is 2.12. The maximum absolute atomic E-state index is 11.9. The van der Waals surface area contributed by atoms with Crippen molar-refractivity contribution in [3.63, 3.8) is 0 Å². The van der Waals surface area contributed by atoms with Crippen LogP contribution in [0.2, 0.25) is 0 Å². The van der Waals surface area contributed by atoms with Gasteiger partial charge >= 0.3 is 6.03 Å². The van der Waals surface area contributed by atoms with Gasteiger partial charge in [-0.2, -0.15) is 0 Å². The summed E-state index contributed by atoms with van der Waals surface area (Å²) < 4.78 is 1.81. The Balaban J connectivity index is 1.82. The number of nitrogens with zero attached hydrogens (tertiary/aromatic N) is 3. The average Bonchev–Trinajstić information content (AvgIpc) is 3.06. The average molecular weight is 317 g/mol. The number of carbonyl (C=O) groups excluding carboxylic acids is 1. The van der Waals surface area contributed by atoms with E-state index in [1.807, 2.05) is 22.9 Å². The maximum atomic E-state index is 11.9. The smallest absolute Gasteiger partial charge is 0.315 e. The number of aliphatic hydroxyl groups is 1. The molecule has 7 nitrogen and oxygen atoms in total. The molecule has 7 heteroatoms. The fourth-order valence-electron chi connectivity index (χ4n) is 2.24. The van der Waals surface area contributed by atoms with Crippen molar-refractivity contribution in [1.29, 1.82) is 0 Å². The van der Waals surface area contributed by atoms with Crippen LogP contribution < -0.4 is 10.6 Å². The van der Waals surface area contributed by atoms with Gasteiger partial charge in [-0.25, -0.2) is 14.8 Å². The van der Waals surface area contributed by atoms with Gasteiger partial charge in [0.15, 0.2) is 0 Å². The van der Waals surface area contributed by atoms with Gasteiger partial charge in [0.25, 0.3) is 0 Å². The molecular formula is C16H23N5O2. The topological polar surface area (TPSA) is 92.1 Å². The Kier molecular flexibility index (Phi) is 6.10. The van der Waals surface area contributed by atoms with E-state index in [-0.39, 0.29) is 18.7 Å². The summed E-state index contributed by atoms with van der Waals surface area (Å²) >= 11 is 0. The van der Waals surface area contributed by atoms with Gasteiger partial charge in [0.1, 0.15) is 12.1 Å². The molecule has 0 aliphatic carbocycles. The first kappa shape index (κ1) is 17.0. The number of urea groups is 1. The zero-order valence-corrected chi connectivity index (χ0v) is 13.4. The van der Waals surface area contributed by atoms with E-state index in [1.54, 1.807) is 18.7 Å². The van der Waals surface area contributed by atoms with Gasteiger partial charge in [-0.1, -0.05) is 19.9 Å². The Morgan fingerprint density at radius 3 is 2.78 bits per heavy atom. The van der Waals surface area contributed by atoms with Gasteiger partial charge in [0.2, 0.25) is 0 Å². The molecular weight excluding hydrogens is 294 g/mol. The molecule has 0 saturated heterocycles. The molecule has 2 amide bonds. The van der Waals surface area contributed by atoms with Crippen LogP contribution in [0.25, 0.3) is 5.82 Å². The lowest BCUT2D eigenvalue weighted by Gasteiger charge is -2.18. The Bertz CT molecular complexity index is 595. The van der Waals surface area contributed by atoms with E-state index in [2.05, 4.69) is 34.4 Å². The largest absolute Gasteiger partial charge is 0.394 e. The molecule has 2 aromatic rings. The molecule has 3 N–H and O–H groups in total. The van der Waals surface area contributed by atoms with Gasteiger partial charge in [0.05, 0.1) is 12.6 Å². The van der Waals surface area contributed by atoms with E-state index >= 15 is 0 Å². The Morgan fingerprint density at radius 2 is 2.22 bits per heavy atom. The van der Waals surface area contributed by atoms with Gasteiger partial charge in [-0.05, 0) is 24.0 Å². The summed E-state index contributed by atoms with van der Waals surface area (Å²) in [6.45, 7) is 4.42. The Morgan fingerprint density at radius 1 is 1.39 bits per heavy atom. The van der Waals surface area contributed by atoms with Crippen molar-refractivity contribution in [2.45, 2.75) is 32.9 Å². The molecule has 0 aliphatic rings. The van der Waals surface area contributed by atoms with Crippen LogP contribution in [0.1, 0.15) is 25.8 Å². The highest BCUT2D eigenvalue weighted by molar-refractivity contribution is 5.74. The monoisotopic (exact) mass is 317 g/mol. The molecule has 23 heavy (non-hydrogen) atoms. The molecule has 0 spiro atoms. The van der Waals surface area contributed by atoms with Crippen LogP contribution in [0.4, 0.5) is 4.79 Å². The van der Waals surface area contributed by atoms with Crippen molar-refractivity contribution in [3.8, 4) is 5.82 Å². The summed E-state index contributed by atoms with van der Waals surface area (Å²) in [6, 6.07) is 3.26. The van der Waals surface area contributed by atoms with Crippen LogP contribution in [-0.4, -0.2) is 38.3 Å². The van der Waals surface area contributed by atoms with Gasteiger partial charge in [-0.15, -0.1) is 0 Å². The normalized spacial score (nSPS) is 12.2. The predicted octanol–water partition coefficient (Wildman–Crippen LogP) is 1.47. The predicted molar refractivity (Wildman–Crippen MR) is 87.1 cm³/mol. The Hall–Kier alpha value is -2.41. The minimum atomic E-state index is -0.289. The van der Waals surface area contributed by atoms with E-state index in [4.69, 9.17) is 0 Å². The standard InChI is InChI=1S/C16H23N5O2/c1-12(2)7-14(10-22)20-16(23)19-9-13-3-4-15(18-8-13)21-6-5-17-11-21/h3-6,8,11-12,14,22H,7,9-10H2,1-2H3,(H2,19,20,23). The van der Waals surface area contributed by atoms with E-state index in [0.29, 0.717) is 12.5 Å². The molecule has 1 unspecified atom stereocenters. The van der Waals surface area contributed by atoms with Crippen molar-refractivity contribution in [3.05, 3.63) is 42.6 Å². The van der Waals surface area contributed by atoms with Crippen LogP contribution in [0.3, 0.4) is 0 Å². The third kappa shape index (κ3) is 5.37. The van der Waals surface area contributed by atoms with Crippen molar-refractivity contribution in [1.82, 2.24) is 25.2 Å². The highest BCUT2D eigenvalue weighted by Crippen LogP contribution is 2.06. The summed E-state index contributed by atoms with van der Waals surface area (Å²) in [4.78, 5) is 20.2. The molecule has 2 aromatic heterocycles. The summed E-state index contributed by atoms with van der Waals surface area (Å²) in [6.07, 6.45) is 7.64. The number of aromatic nitrogens is 3. The molecule has 2 rings (SSSR count). The van der Waals surface area contributed by atoms with E-state index < -0.39 is 0 Å². The first-order valence-electron chi connectivity index (χ1n) is 7.67. The molecule has 1 atom stereocenters. The molecule has 124 valence electrons. The Labute approximate surface area is 135 Å². The lowest BCUT2D eigenvalue weighted by atomic mass is 10.0. The zero-order valence-electron chi connectivity index (χ0n) is 13.4. The van der Waals surface area contributed by atoms with E-state index in [1.165, 1.54) is 0 Å². The van der Waals surface area contributed by atoms with Crippen LogP contribution in [0, 0.1) is 5.92 Å². The second kappa shape index (κ2) is 8.28. The van der Waals surface area contributed by atoms with Gasteiger partial charge < -0.3 is 15.7 Å². The number of hydrogen-bond donors (Lipinski definition) is 3. The number of imidazole rings is 1. The van der Waals surface area contributed by atoms with Crippen LogP contribution >= 0.6 is 0 Å². The number of aliphatic hydroxyl groups excluding tert-OH is 1. The second-order valence-corrected chi connectivity index (χ2v) is 5.83. The maximum Gasteiger partial charge on any atom is 0.315 e. The minimum Gasteiger partial charge on any atom is -0.394 e. The van der Waals surface area contributed by atoms with Crippen LogP contribution in [0.15, 0.2) is 37.1 Å². The quantitative estimate of drug-likeness (QED) is 0.721. The molecule has 0 saturated carbocycles. The van der Waals surface area contributed by atoms with Crippen LogP contribution in [-0.2, 0) is 6.54 Å². The third-order valence-electron chi connectivity index (χ3n) is 3.34. The molecule has 0 bridgehead atoms. The SMILES string of the molecule is CC(C)CC(CO)NC(=O)NCc1ccc(-n2ccnc2)nc1. The molecule has 0 fully saturated rings. The highest BCUT2D eigenvalue weighted by atomic mass is 16.3. The van der Waals surface area contributed by atoms with E-state index in [0.717, 1.165) is 17.8 Å². The first-order valence-corrected chi connectivity index (χ1v) is 7.67. The number of amides is 2. The molecule has 0 radical (unpaired) electrons. The summed E-state index contributed by atoms with van der Waals surface area (Å²) in [5, 5.41) is 14.8. The van der Waals surface area contributed by atoms with Crippen molar-refractivity contribution in [2.75, 3.05) is 6.61 Å². The van der Waals surface area contributed by atoms with Gasteiger partial charge in [-0.3, -0.25) is 4.57 Å². The van der Waals surface area contributed by atoms with Crippen LogP contribution in [0.5, 0.6) is 0 Å². The fraction of sp³-hybridized carbons (Fsp3) is 0.438. The first-order chi connectivity index (χ1) is 11.1. The summed E-state index contributed by atoms with van der Waals surface area (Å²) in [5.74, 6) is 1.18.